The number of anilines is 1. The molecule has 2 rings (SSSR count). The third-order valence-corrected chi connectivity index (χ3v) is 4.23. The van der Waals surface area contributed by atoms with Crippen LogP contribution in [0, 0.1) is 11.3 Å². The predicted octanol–water partition coefficient (Wildman–Crippen LogP) is 3.99. The lowest BCUT2D eigenvalue weighted by Crippen LogP contribution is -2.14. The molecule has 3 nitrogen and oxygen atoms in total. The SMILES string of the molecule is C[C@@H](SCC(=O)Nc1ccc(C#N)cc1)c1ccccc1. The Kier molecular flexibility index (Phi) is 5.42. The summed E-state index contributed by atoms with van der Waals surface area (Å²) in [6.45, 7) is 2.09. The highest BCUT2D eigenvalue weighted by atomic mass is 32.2. The topological polar surface area (TPSA) is 52.9 Å². The van der Waals surface area contributed by atoms with Crippen LogP contribution in [0.1, 0.15) is 23.3 Å². The van der Waals surface area contributed by atoms with Crippen LogP contribution in [0.3, 0.4) is 0 Å². The van der Waals surface area contributed by atoms with E-state index in [0.29, 0.717) is 17.0 Å². The lowest BCUT2D eigenvalue weighted by molar-refractivity contribution is -0.113. The molecule has 1 amide bonds. The molecular weight excluding hydrogens is 280 g/mol. The van der Waals surface area contributed by atoms with Gasteiger partial charge in [-0.2, -0.15) is 5.26 Å². The zero-order chi connectivity index (χ0) is 15.1. The zero-order valence-electron chi connectivity index (χ0n) is 11.7. The molecule has 21 heavy (non-hydrogen) atoms. The Labute approximate surface area is 129 Å². The summed E-state index contributed by atoms with van der Waals surface area (Å²) < 4.78 is 0. The summed E-state index contributed by atoms with van der Waals surface area (Å²) in [5.41, 5.74) is 2.51. The van der Waals surface area contributed by atoms with Crippen LogP contribution in [-0.4, -0.2) is 11.7 Å². The van der Waals surface area contributed by atoms with Gasteiger partial charge in [-0.15, -0.1) is 11.8 Å². The Morgan fingerprint density at radius 2 is 1.86 bits per heavy atom. The number of carbonyl (C=O) groups is 1. The van der Waals surface area contributed by atoms with Crippen LogP contribution in [0.4, 0.5) is 5.69 Å². The van der Waals surface area contributed by atoms with E-state index in [1.807, 2.05) is 24.3 Å². The summed E-state index contributed by atoms with van der Waals surface area (Å²) in [5, 5.41) is 11.8. The van der Waals surface area contributed by atoms with E-state index in [4.69, 9.17) is 5.26 Å². The smallest absolute Gasteiger partial charge is 0.234 e. The average molecular weight is 296 g/mol. The van der Waals surface area contributed by atoms with Gasteiger partial charge in [-0.25, -0.2) is 0 Å². The number of nitrogens with zero attached hydrogens (tertiary/aromatic N) is 1. The quantitative estimate of drug-likeness (QED) is 0.907. The molecule has 0 heterocycles. The minimum atomic E-state index is -0.0347. The molecule has 0 spiro atoms. The Morgan fingerprint density at radius 3 is 2.48 bits per heavy atom. The Balaban J connectivity index is 1.83. The molecular formula is C17H16N2OS. The second-order valence-electron chi connectivity index (χ2n) is 4.60. The lowest BCUT2D eigenvalue weighted by atomic mass is 10.2. The number of thioether (sulfide) groups is 1. The van der Waals surface area contributed by atoms with E-state index in [-0.39, 0.29) is 11.2 Å². The van der Waals surface area contributed by atoms with Gasteiger partial charge < -0.3 is 5.32 Å². The van der Waals surface area contributed by atoms with Crippen LogP contribution in [0.2, 0.25) is 0 Å². The van der Waals surface area contributed by atoms with Crippen LogP contribution in [0.5, 0.6) is 0 Å². The lowest BCUT2D eigenvalue weighted by Gasteiger charge is -2.11. The van der Waals surface area contributed by atoms with Crippen molar-refractivity contribution in [1.29, 1.82) is 5.26 Å². The van der Waals surface area contributed by atoms with E-state index in [0.717, 1.165) is 0 Å². The summed E-state index contributed by atoms with van der Waals surface area (Å²) in [6, 6.07) is 19.0. The van der Waals surface area contributed by atoms with Crippen molar-refractivity contribution in [3.63, 3.8) is 0 Å². The van der Waals surface area contributed by atoms with Crippen LogP contribution < -0.4 is 5.32 Å². The maximum absolute atomic E-state index is 11.9. The van der Waals surface area contributed by atoms with E-state index < -0.39 is 0 Å². The highest BCUT2D eigenvalue weighted by Crippen LogP contribution is 2.27. The number of carbonyl (C=O) groups excluding carboxylic acids is 1. The fourth-order valence-electron chi connectivity index (χ4n) is 1.85. The van der Waals surface area contributed by atoms with E-state index in [2.05, 4.69) is 24.4 Å². The van der Waals surface area contributed by atoms with Gasteiger partial charge in [0.1, 0.15) is 0 Å². The summed E-state index contributed by atoms with van der Waals surface area (Å²) >= 11 is 1.60. The minimum absolute atomic E-state index is 0.0347. The normalized spacial score (nSPS) is 11.4. The van der Waals surface area contributed by atoms with E-state index in [1.165, 1.54) is 5.56 Å². The van der Waals surface area contributed by atoms with Gasteiger partial charge in [-0.05, 0) is 36.8 Å². The molecule has 0 fully saturated rings. The van der Waals surface area contributed by atoms with Crippen LogP contribution in [0.25, 0.3) is 0 Å². The molecule has 0 radical (unpaired) electrons. The molecule has 0 aromatic heterocycles. The van der Waals surface area contributed by atoms with E-state index in [1.54, 1.807) is 36.0 Å². The fraction of sp³-hybridized carbons (Fsp3) is 0.176. The molecule has 0 saturated carbocycles. The van der Waals surface area contributed by atoms with Crippen molar-refractivity contribution >= 4 is 23.4 Å². The minimum Gasteiger partial charge on any atom is -0.325 e. The van der Waals surface area contributed by atoms with Gasteiger partial charge in [-0.1, -0.05) is 30.3 Å². The number of benzene rings is 2. The predicted molar refractivity (Wildman–Crippen MR) is 87.1 cm³/mol. The van der Waals surface area contributed by atoms with Crippen molar-refractivity contribution < 1.29 is 4.79 Å². The summed E-state index contributed by atoms with van der Waals surface area (Å²) in [6.07, 6.45) is 0. The molecule has 0 aliphatic heterocycles. The third-order valence-electron chi connectivity index (χ3n) is 3.03. The first-order valence-corrected chi connectivity index (χ1v) is 7.70. The van der Waals surface area contributed by atoms with Crippen LogP contribution in [-0.2, 0) is 4.79 Å². The first-order chi connectivity index (χ1) is 10.2. The zero-order valence-corrected chi connectivity index (χ0v) is 12.6. The number of nitrogens with one attached hydrogen (secondary N) is 1. The Bertz CT molecular complexity index is 632. The first-order valence-electron chi connectivity index (χ1n) is 6.65. The Hall–Kier alpha value is -2.25. The van der Waals surface area contributed by atoms with Gasteiger partial charge in [-0.3, -0.25) is 4.79 Å². The van der Waals surface area contributed by atoms with Crippen LogP contribution in [0.15, 0.2) is 54.6 Å². The molecule has 2 aromatic carbocycles. The van der Waals surface area contributed by atoms with Crippen molar-refractivity contribution in [2.45, 2.75) is 12.2 Å². The van der Waals surface area contributed by atoms with Crippen molar-refractivity contribution in [2.24, 2.45) is 0 Å². The maximum Gasteiger partial charge on any atom is 0.234 e. The summed E-state index contributed by atoms with van der Waals surface area (Å²) in [4.78, 5) is 11.9. The number of amides is 1. The molecule has 0 aliphatic rings. The molecule has 0 unspecified atom stereocenters. The average Bonchev–Trinajstić information content (AvgIpc) is 2.54. The number of rotatable bonds is 5. The Morgan fingerprint density at radius 1 is 1.19 bits per heavy atom. The molecule has 0 bridgehead atoms. The van der Waals surface area contributed by atoms with Crippen molar-refractivity contribution in [2.75, 3.05) is 11.1 Å². The molecule has 1 N–H and O–H groups in total. The number of hydrogen-bond acceptors (Lipinski definition) is 3. The monoisotopic (exact) mass is 296 g/mol. The van der Waals surface area contributed by atoms with Crippen molar-refractivity contribution in [3.05, 3.63) is 65.7 Å². The van der Waals surface area contributed by atoms with Gasteiger partial charge in [0.15, 0.2) is 0 Å². The number of nitriles is 1. The van der Waals surface area contributed by atoms with Crippen LogP contribution >= 0.6 is 11.8 Å². The van der Waals surface area contributed by atoms with Crippen molar-refractivity contribution in [3.8, 4) is 6.07 Å². The summed E-state index contributed by atoms with van der Waals surface area (Å²) in [5.74, 6) is 0.364. The highest BCUT2D eigenvalue weighted by Gasteiger charge is 2.09. The van der Waals surface area contributed by atoms with Gasteiger partial charge in [0, 0.05) is 10.9 Å². The molecule has 2 aromatic rings. The fourth-order valence-corrected chi connectivity index (χ4v) is 2.67. The van der Waals surface area contributed by atoms with E-state index >= 15 is 0 Å². The standard InChI is InChI=1S/C17H16N2OS/c1-13(15-5-3-2-4-6-15)21-12-17(20)19-16-9-7-14(11-18)8-10-16/h2-10,13H,12H2,1H3,(H,19,20)/t13-/m1/s1. The largest absolute Gasteiger partial charge is 0.325 e. The first kappa shape index (κ1) is 15.1. The molecule has 4 heteroatoms. The van der Waals surface area contributed by atoms with Gasteiger partial charge in [0.25, 0.3) is 0 Å². The maximum atomic E-state index is 11.9. The second-order valence-corrected chi connectivity index (χ2v) is 5.93. The molecule has 0 aliphatic carbocycles. The third kappa shape index (κ3) is 4.66. The van der Waals surface area contributed by atoms with Gasteiger partial charge >= 0.3 is 0 Å². The van der Waals surface area contributed by atoms with E-state index in [9.17, 15) is 4.79 Å². The highest BCUT2D eigenvalue weighted by molar-refractivity contribution is 8.00. The van der Waals surface area contributed by atoms with Gasteiger partial charge in [0.2, 0.25) is 5.91 Å². The second kappa shape index (κ2) is 7.51. The molecule has 1 atom stereocenters. The molecule has 0 saturated heterocycles. The summed E-state index contributed by atoms with van der Waals surface area (Å²) in [7, 11) is 0. The number of hydrogen-bond donors (Lipinski definition) is 1. The van der Waals surface area contributed by atoms with Gasteiger partial charge in [0.05, 0.1) is 17.4 Å². The molecule has 106 valence electrons. The van der Waals surface area contributed by atoms with Crippen molar-refractivity contribution in [1.82, 2.24) is 0 Å².